The number of amides is 1. The number of hydrogen-bond donors (Lipinski definition) is 2. The standard InChI is InChI=1S/C15H14F2N2O2/c1-10(21-14-5-3-2-4-13(14)17)15(20)19-18-12-8-6-11(16)7-9-12/h2-10,18H,1H3,(H,19,20)/t10-/m0/s1. The highest BCUT2D eigenvalue weighted by Crippen LogP contribution is 2.17. The van der Waals surface area contributed by atoms with Crippen molar-refractivity contribution in [2.75, 3.05) is 5.43 Å². The van der Waals surface area contributed by atoms with Gasteiger partial charge in [-0.05, 0) is 43.3 Å². The Morgan fingerprint density at radius 2 is 1.76 bits per heavy atom. The molecule has 2 aromatic rings. The first-order valence-electron chi connectivity index (χ1n) is 6.29. The van der Waals surface area contributed by atoms with Crippen LogP contribution < -0.4 is 15.6 Å². The lowest BCUT2D eigenvalue weighted by Crippen LogP contribution is -2.39. The highest BCUT2D eigenvalue weighted by Gasteiger charge is 2.16. The molecule has 1 atom stereocenters. The van der Waals surface area contributed by atoms with Crippen molar-refractivity contribution in [1.82, 2.24) is 5.43 Å². The minimum atomic E-state index is -0.894. The molecule has 4 nitrogen and oxygen atoms in total. The van der Waals surface area contributed by atoms with Crippen molar-refractivity contribution < 1.29 is 18.3 Å². The third-order valence-corrected chi connectivity index (χ3v) is 2.68. The summed E-state index contributed by atoms with van der Waals surface area (Å²) >= 11 is 0. The van der Waals surface area contributed by atoms with Crippen LogP contribution in [0.4, 0.5) is 14.5 Å². The summed E-state index contributed by atoms with van der Waals surface area (Å²) in [5.41, 5.74) is 5.53. The molecule has 0 aliphatic heterocycles. The number of ether oxygens (including phenoxy) is 1. The van der Waals surface area contributed by atoms with Gasteiger partial charge in [-0.2, -0.15) is 0 Å². The van der Waals surface area contributed by atoms with Gasteiger partial charge in [0.15, 0.2) is 17.7 Å². The van der Waals surface area contributed by atoms with E-state index < -0.39 is 17.8 Å². The summed E-state index contributed by atoms with van der Waals surface area (Å²) < 4.78 is 31.3. The molecule has 0 radical (unpaired) electrons. The van der Waals surface area contributed by atoms with Crippen LogP contribution in [0, 0.1) is 11.6 Å². The van der Waals surface area contributed by atoms with E-state index in [-0.39, 0.29) is 11.6 Å². The van der Waals surface area contributed by atoms with Crippen LogP contribution in [0.25, 0.3) is 0 Å². The van der Waals surface area contributed by atoms with Gasteiger partial charge in [0.1, 0.15) is 5.82 Å². The molecule has 0 bridgehead atoms. The molecule has 0 heterocycles. The van der Waals surface area contributed by atoms with Gasteiger partial charge in [-0.3, -0.25) is 15.6 Å². The second kappa shape index (κ2) is 6.69. The number of rotatable bonds is 5. The van der Waals surface area contributed by atoms with E-state index in [1.165, 1.54) is 49.4 Å². The molecule has 0 spiro atoms. The molecule has 110 valence electrons. The molecule has 1 amide bonds. The lowest BCUT2D eigenvalue weighted by molar-refractivity contribution is -0.126. The monoisotopic (exact) mass is 292 g/mol. The second-order valence-corrected chi connectivity index (χ2v) is 4.31. The fourth-order valence-corrected chi connectivity index (χ4v) is 1.55. The number of hydrazine groups is 1. The molecule has 0 aliphatic carbocycles. The van der Waals surface area contributed by atoms with Crippen molar-refractivity contribution in [2.45, 2.75) is 13.0 Å². The zero-order valence-corrected chi connectivity index (χ0v) is 11.3. The number of para-hydroxylation sites is 1. The zero-order valence-electron chi connectivity index (χ0n) is 11.3. The summed E-state index contributed by atoms with van der Waals surface area (Å²) in [6, 6.07) is 11.3. The minimum absolute atomic E-state index is 0.00179. The van der Waals surface area contributed by atoms with Crippen LogP contribution in [-0.2, 0) is 4.79 Å². The van der Waals surface area contributed by atoms with Gasteiger partial charge in [0.05, 0.1) is 5.69 Å². The fraction of sp³-hybridized carbons (Fsp3) is 0.133. The fourth-order valence-electron chi connectivity index (χ4n) is 1.55. The van der Waals surface area contributed by atoms with Gasteiger partial charge in [0, 0.05) is 0 Å². The van der Waals surface area contributed by atoms with E-state index in [4.69, 9.17) is 4.74 Å². The van der Waals surface area contributed by atoms with Crippen LogP contribution in [0.3, 0.4) is 0 Å². The van der Waals surface area contributed by atoms with E-state index in [1.54, 1.807) is 6.07 Å². The number of benzene rings is 2. The quantitative estimate of drug-likeness (QED) is 0.833. The maximum absolute atomic E-state index is 13.4. The molecule has 0 saturated heterocycles. The molecule has 6 heteroatoms. The van der Waals surface area contributed by atoms with E-state index in [9.17, 15) is 13.6 Å². The molecule has 0 unspecified atom stereocenters. The summed E-state index contributed by atoms with van der Waals surface area (Å²) in [5.74, 6) is -1.39. The van der Waals surface area contributed by atoms with Crippen LogP contribution in [-0.4, -0.2) is 12.0 Å². The van der Waals surface area contributed by atoms with Crippen LogP contribution in [0.15, 0.2) is 48.5 Å². The molecular formula is C15H14F2N2O2. The van der Waals surface area contributed by atoms with E-state index in [2.05, 4.69) is 10.9 Å². The average Bonchev–Trinajstić information content (AvgIpc) is 2.48. The topological polar surface area (TPSA) is 50.4 Å². The normalized spacial score (nSPS) is 11.6. The SMILES string of the molecule is C[C@H](Oc1ccccc1F)C(=O)NNc1ccc(F)cc1. The average molecular weight is 292 g/mol. The summed E-state index contributed by atoms with van der Waals surface area (Å²) in [4.78, 5) is 11.8. The van der Waals surface area contributed by atoms with Crippen LogP contribution >= 0.6 is 0 Å². The van der Waals surface area contributed by atoms with Gasteiger partial charge < -0.3 is 4.74 Å². The Hall–Kier alpha value is -2.63. The number of carbonyl (C=O) groups is 1. The van der Waals surface area contributed by atoms with Crippen molar-refractivity contribution in [3.05, 3.63) is 60.2 Å². The van der Waals surface area contributed by atoms with E-state index in [0.29, 0.717) is 5.69 Å². The van der Waals surface area contributed by atoms with Gasteiger partial charge in [0.25, 0.3) is 5.91 Å². The van der Waals surface area contributed by atoms with Crippen molar-refractivity contribution in [3.63, 3.8) is 0 Å². The molecule has 2 rings (SSSR count). The summed E-state index contributed by atoms with van der Waals surface area (Å²) in [6.45, 7) is 1.49. The Labute approximate surface area is 120 Å². The number of anilines is 1. The Bertz CT molecular complexity index is 617. The van der Waals surface area contributed by atoms with Crippen molar-refractivity contribution in [2.24, 2.45) is 0 Å². The van der Waals surface area contributed by atoms with Gasteiger partial charge in [-0.15, -0.1) is 0 Å². The highest BCUT2D eigenvalue weighted by molar-refractivity contribution is 5.81. The molecule has 0 saturated carbocycles. The van der Waals surface area contributed by atoms with Gasteiger partial charge >= 0.3 is 0 Å². The molecule has 2 aromatic carbocycles. The van der Waals surface area contributed by atoms with Gasteiger partial charge in [-0.25, -0.2) is 8.78 Å². The van der Waals surface area contributed by atoms with E-state index >= 15 is 0 Å². The predicted molar refractivity (Wildman–Crippen MR) is 74.7 cm³/mol. The van der Waals surface area contributed by atoms with Crippen LogP contribution in [0.5, 0.6) is 5.75 Å². The number of hydrogen-bond acceptors (Lipinski definition) is 3. The smallest absolute Gasteiger partial charge is 0.279 e. The summed E-state index contributed by atoms with van der Waals surface area (Å²) in [7, 11) is 0. The predicted octanol–water partition coefficient (Wildman–Crippen LogP) is 2.88. The Kier molecular flexibility index (Phi) is 4.71. The Morgan fingerprint density at radius 1 is 1.10 bits per heavy atom. The zero-order chi connectivity index (χ0) is 15.2. The van der Waals surface area contributed by atoms with Crippen LogP contribution in [0.2, 0.25) is 0 Å². The first kappa shape index (κ1) is 14.8. The number of nitrogens with one attached hydrogen (secondary N) is 2. The van der Waals surface area contributed by atoms with Crippen molar-refractivity contribution in [3.8, 4) is 5.75 Å². The maximum atomic E-state index is 13.4. The highest BCUT2D eigenvalue weighted by atomic mass is 19.1. The lowest BCUT2D eigenvalue weighted by atomic mass is 10.3. The Balaban J connectivity index is 1.88. The Morgan fingerprint density at radius 3 is 2.43 bits per heavy atom. The molecule has 2 N–H and O–H groups in total. The van der Waals surface area contributed by atoms with Crippen molar-refractivity contribution >= 4 is 11.6 Å². The van der Waals surface area contributed by atoms with E-state index in [1.807, 2.05) is 0 Å². The van der Waals surface area contributed by atoms with Crippen molar-refractivity contribution in [1.29, 1.82) is 0 Å². The van der Waals surface area contributed by atoms with E-state index in [0.717, 1.165) is 0 Å². The maximum Gasteiger partial charge on any atom is 0.279 e. The van der Waals surface area contributed by atoms with Crippen LogP contribution in [0.1, 0.15) is 6.92 Å². The number of halogens is 2. The first-order chi connectivity index (χ1) is 10.1. The molecular weight excluding hydrogens is 278 g/mol. The third kappa shape index (κ3) is 4.17. The first-order valence-corrected chi connectivity index (χ1v) is 6.29. The summed E-state index contributed by atoms with van der Waals surface area (Å²) in [5, 5.41) is 0. The molecule has 0 aromatic heterocycles. The van der Waals surface area contributed by atoms with Gasteiger partial charge in [0.2, 0.25) is 0 Å². The third-order valence-electron chi connectivity index (χ3n) is 2.68. The van der Waals surface area contributed by atoms with Gasteiger partial charge in [-0.1, -0.05) is 12.1 Å². The lowest BCUT2D eigenvalue weighted by Gasteiger charge is -2.16. The number of carbonyl (C=O) groups excluding carboxylic acids is 1. The molecule has 0 fully saturated rings. The minimum Gasteiger partial charge on any atom is -0.478 e. The largest absolute Gasteiger partial charge is 0.478 e. The molecule has 21 heavy (non-hydrogen) atoms. The summed E-state index contributed by atoms with van der Waals surface area (Å²) in [6.07, 6.45) is -0.894. The second-order valence-electron chi connectivity index (χ2n) is 4.31. The molecule has 0 aliphatic rings.